The summed E-state index contributed by atoms with van der Waals surface area (Å²) in [6.45, 7) is 0. The molecular weight excluding hydrogens is 390 g/mol. The van der Waals surface area contributed by atoms with Crippen molar-refractivity contribution in [1.29, 1.82) is 0 Å². The van der Waals surface area contributed by atoms with Crippen LogP contribution in [0.1, 0.15) is 35.4 Å². The van der Waals surface area contributed by atoms with Crippen LogP contribution in [0.2, 0.25) is 5.02 Å². The highest BCUT2D eigenvalue weighted by atomic mass is 35.5. The largest absolute Gasteiger partial charge is 0.464 e. The first kappa shape index (κ1) is 17.7. The van der Waals surface area contributed by atoms with Crippen molar-refractivity contribution in [2.75, 3.05) is 0 Å². The molecule has 0 aromatic heterocycles. The fourth-order valence-corrected chi connectivity index (χ4v) is 4.07. The van der Waals surface area contributed by atoms with E-state index in [0.29, 0.717) is 5.56 Å². The zero-order valence-electron chi connectivity index (χ0n) is 15.2. The lowest BCUT2D eigenvalue weighted by atomic mass is 9.96. The molecular formula is C22H16ClN3O3. The maximum atomic E-state index is 11.4. The number of fused-ring (bicyclic) bond motifs is 3. The number of hydrogen-bond donors (Lipinski definition) is 0. The van der Waals surface area contributed by atoms with Crippen molar-refractivity contribution < 1.29 is 9.66 Å². The molecule has 3 aromatic rings. The van der Waals surface area contributed by atoms with Gasteiger partial charge in [-0.1, -0.05) is 66.2 Å². The summed E-state index contributed by atoms with van der Waals surface area (Å²) in [6, 6.07) is 22.6. The molecule has 0 spiro atoms. The molecule has 144 valence electrons. The van der Waals surface area contributed by atoms with Gasteiger partial charge in [0.05, 0.1) is 16.7 Å². The Bertz CT molecular complexity index is 1130. The maximum absolute atomic E-state index is 11.4. The molecule has 29 heavy (non-hydrogen) atoms. The fourth-order valence-electron chi connectivity index (χ4n) is 3.88. The number of nitro groups is 1. The van der Waals surface area contributed by atoms with Crippen molar-refractivity contribution >= 4 is 23.0 Å². The third kappa shape index (κ3) is 3.02. The third-order valence-electron chi connectivity index (χ3n) is 5.26. The summed E-state index contributed by atoms with van der Waals surface area (Å²) in [6.07, 6.45) is 0.156. The van der Waals surface area contributed by atoms with Gasteiger partial charge in [0.25, 0.3) is 5.69 Å². The smallest absolute Gasteiger partial charge is 0.288 e. The van der Waals surface area contributed by atoms with Crippen LogP contribution in [0.3, 0.4) is 0 Å². The van der Waals surface area contributed by atoms with E-state index in [0.717, 1.165) is 29.0 Å². The molecule has 0 aliphatic carbocycles. The Kier molecular flexibility index (Phi) is 4.21. The normalized spacial score (nSPS) is 19.8. The Morgan fingerprint density at radius 3 is 2.62 bits per heavy atom. The Morgan fingerprint density at radius 1 is 1.07 bits per heavy atom. The van der Waals surface area contributed by atoms with Crippen LogP contribution < -0.4 is 4.74 Å². The first-order valence-electron chi connectivity index (χ1n) is 9.22. The zero-order chi connectivity index (χ0) is 20.0. The van der Waals surface area contributed by atoms with E-state index < -0.39 is 11.2 Å². The number of para-hydroxylation sites is 1. The highest BCUT2D eigenvalue weighted by Crippen LogP contribution is 2.47. The molecule has 0 saturated heterocycles. The summed E-state index contributed by atoms with van der Waals surface area (Å²) in [4.78, 5) is 10.9. The SMILES string of the molecule is O=[N+]([O-])c1cc([C@@H]2Oc3ccccc3[C@@H]3CC(c4ccccc4)=NN32)ccc1Cl. The maximum Gasteiger partial charge on any atom is 0.288 e. The van der Waals surface area contributed by atoms with E-state index in [9.17, 15) is 10.1 Å². The van der Waals surface area contributed by atoms with Gasteiger partial charge in [0.15, 0.2) is 0 Å². The molecule has 0 amide bonds. The Hall–Kier alpha value is -3.38. The van der Waals surface area contributed by atoms with E-state index in [1.807, 2.05) is 59.6 Å². The Morgan fingerprint density at radius 2 is 1.83 bits per heavy atom. The zero-order valence-corrected chi connectivity index (χ0v) is 16.0. The number of nitrogens with zero attached hydrogens (tertiary/aromatic N) is 3. The van der Waals surface area contributed by atoms with Crippen LogP contribution in [0.15, 0.2) is 77.9 Å². The number of ether oxygens (including phenoxy) is 1. The lowest BCUT2D eigenvalue weighted by Crippen LogP contribution is -2.33. The van der Waals surface area contributed by atoms with Crippen LogP contribution in [0.25, 0.3) is 0 Å². The van der Waals surface area contributed by atoms with Gasteiger partial charge in [-0.05, 0) is 17.7 Å². The van der Waals surface area contributed by atoms with E-state index in [1.54, 1.807) is 6.07 Å². The molecule has 0 N–H and O–H groups in total. The van der Waals surface area contributed by atoms with Crippen molar-refractivity contribution in [1.82, 2.24) is 5.01 Å². The summed E-state index contributed by atoms with van der Waals surface area (Å²) in [5.74, 6) is 0.765. The van der Waals surface area contributed by atoms with Gasteiger partial charge in [-0.15, -0.1) is 0 Å². The van der Waals surface area contributed by atoms with Gasteiger partial charge in [0.1, 0.15) is 10.8 Å². The first-order chi connectivity index (χ1) is 14.1. The van der Waals surface area contributed by atoms with Crippen molar-refractivity contribution in [2.24, 2.45) is 5.10 Å². The highest BCUT2D eigenvalue weighted by molar-refractivity contribution is 6.32. The van der Waals surface area contributed by atoms with Crippen molar-refractivity contribution in [2.45, 2.75) is 18.7 Å². The predicted molar refractivity (Wildman–Crippen MR) is 110 cm³/mol. The minimum Gasteiger partial charge on any atom is -0.464 e. The van der Waals surface area contributed by atoms with Crippen LogP contribution >= 0.6 is 11.6 Å². The molecule has 5 rings (SSSR count). The molecule has 2 atom stereocenters. The Balaban J connectivity index is 1.61. The molecule has 0 fully saturated rings. The predicted octanol–water partition coefficient (Wildman–Crippen LogP) is 5.49. The van der Waals surface area contributed by atoms with Gasteiger partial charge >= 0.3 is 0 Å². The third-order valence-corrected chi connectivity index (χ3v) is 5.58. The molecule has 0 saturated carbocycles. The summed E-state index contributed by atoms with van der Waals surface area (Å²) in [5.41, 5.74) is 3.57. The van der Waals surface area contributed by atoms with Gasteiger partial charge in [-0.25, -0.2) is 5.01 Å². The number of hydrogen-bond acceptors (Lipinski definition) is 5. The topological polar surface area (TPSA) is 68.0 Å². The quantitative estimate of drug-likeness (QED) is 0.426. The fraction of sp³-hybridized carbons (Fsp3) is 0.136. The summed E-state index contributed by atoms with van der Waals surface area (Å²) in [5, 5.41) is 18.2. The van der Waals surface area contributed by atoms with Crippen LogP contribution in [0.5, 0.6) is 5.75 Å². The lowest BCUT2D eigenvalue weighted by Gasteiger charge is -2.38. The molecule has 2 heterocycles. The van der Waals surface area contributed by atoms with E-state index in [4.69, 9.17) is 21.4 Å². The summed E-state index contributed by atoms with van der Waals surface area (Å²) in [7, 11) is 0. The summed E-state index contributed by atoms with van der Waals surface area (Å²) >= 11 is 6.00. The van der Waals surface area contributed by atoms with E-state index >= 15 is 0 Å². The highest BCUT2D eigenvalue weighted by Gasteiger charge is 2.41. The monoisotopic (exact) mass is 405 g/mol. The number of hydrazone groups is 1. The average Bonchev–Trinajstić information content (AvgIpc) is 3.20. The number of nitro benzene ring substituents is 1. The van der Waals surface area contributed by atoms with E-state index in [1.165, 1.54) is 12.1 Å². The van der Waals surface area contributed by atoms with Gasteiger partial charge < -0.3 is 4.74 Å². The van der Waals surface area contributed by atoms with Crippen LogP contribution in [-0.4, -0.2) is 15.6 Å². The average molecular weight is 406 g/mol. The molecule has 6 nitrogen and oxygen atoms in total. The number of rotatable bonds is 3. The molecule has 0 radical (unpaired) electrons. The molecule has 2 aliphatic rings. The molecule has 0 unspecified atom stereocenters. The second-order valence-electron chi connectivity index (χ2n) is 6.99. The molecule has 3 aromatic carbocycles. The second-order valence-corrected chi connectivity index (χ2v) is 7.40. The minimum atomic E-state index is -0.577. The summed E-state index contributed by atoms with van der Waals surface area (Å²) < 4.78 is 6.24. The Labute approximate surface area is 172 Å². The van der Waals surface area contributed by atoms with E-state index in [-0.39, 0.29) is 16.8 Å². The number of halogens is 1. The lowest BCUT2D eigenvalue weighted by molar-refractivity contribution is -0.384. The van der Waals surface area contributed by atoms with Gasteiger partial charge in [0.2, 0.25) is 6.23 Å². The van der Waals surface area contributed by atoms with Crippen molar-refractivity contribution in [3.8, 4) is 5.75 Å². The van der Waals surface area contributed by atoms with Gasteiger partial charge in [-0.3, -0.25) is 10.1 Å². The standard InChI is InChI=1S/C22H16ClN3O3/c23-17-11-10-15(12-20(17)26(27)28)22-25-19(16-8-4-5-9-21(16)29-22)13-18(24-25)14-6-2-1-3-7-14/h1-12,19,22H,13H2/t19-,22-/m0/s1. The van der Waals surface area contributed by atoms with Crippen LogP contribution in [-0.2, 0) is 0 Å². The first-order valence-corrected chi connectivity index (χ1v) is 9.60. The second kappa shape index (κ2) is 6.90. The number of benzene rings is 3. The van der Waals surface area contributed by atoms with Crippen LogP contribution in [0.4, 0.5) is 5.69 Å². The minimum absolute atomic E-state index is 0.00473. The molecule has 2 aliphatic heterocycles. The van der Waals surface area contributed by atoms with E-state index in [2.05, 4.69) is 0 Å². The van der Waals surface area contributed by atoms with Crippen LogP contribution in [0, 0.1) is 10.1 Å². The van der Waals surface area contributed by atoms with Crippen molar-refractivity contribution in [3.63, 3.8) is 0 Å². The molecule has 0 bridgehead atoms. The molecule has 7 heteroatoms. The van der Waals surface area contributed by atoms with Crippen molar-refractivity contribution in [3.05, 3.63) is 105 Å². The van der Waals surface area contributed by atoms with Gasteiger partial charge in [-0.2, -0.15) is 5.10 Å². The van der Waals surface area contributed by atoms with Gasteiger partial charge in [0, 0.05) is 23.6 Å².